The number of carbonyl (C=O) groups excluding carboxylic acids is 1. The van der Waals surface area contributed by atoms with Crippen LogP contribution in [0.3, 0.4) is 0 Å². The molecular weight excluding hydrogens is 268 g/mol. The topological polar surface area (TPSA) is 61.8 Å². The highest BCUT2D eigenvalue weighted by Gasteiger charge is 2.14. The van der Waals surface area contributed by atoms with Crippen molar-refractivity contribution >= 4 is 11.7 Å². The van der Waals surface area contributed by atoms with E-state index in [9.17, 15) is 4.79 Å². The molecule has 0 aliphatic heterocycles. The number of benzene rings is 1. The minimum absolute atomic E-state index is 0.0889. The molecule has 0 aromatic heterocycles. The van der Waals surface area contributed by atoms with Crippen LogP contribution in [0.5, 0.6) is 5.75 Å². The van der Waals surface area contributed by atoms with Crippen LogP contribution in [-0.2, 0) is 0 Å². The smallest absolute Gasteiger partial charge is 0.322 e. The van der Waals surface area contributed by atoms with Gasteiger partial charge in [-0.2, -0.15) is 0 Å². The van der Waals surface area contributed by atoms with Crippen molar-refractivity contribution in [1.29, 1.82) is 0 Å². The third kappa shape index (κ3) is 5.47. The van der Waals surface area contributed by atoms with Crippen LogP contribution < -0.4 is 10.1 Å². The van der Waals surface area contributed by atoms with Gasteiger partial charge in [-0.05, 0) is 31.0 Å². The Morgan fingerprint density at radius 1 is 1.52 bits per heavy atom. The monoisotopic (exact) mass is 292 g/mol. The molecule has 0 aliphatic carbocycles. The third-order valence-corrected chi connectivity index (χ3v) is 2.85. The summed E-state index contributed by atoms with van der Waals surface area (Å²) in [6.07, 6.45) is 2.52. The molecule has 0 saturated carbocycles. The van der Waals surface area contributed by atoms with E-state index in [0.717, 1.165) is 12.0 Å². The van der Waals surface area contributed by atoms with E-state index in [1.165, 1.54) is 4.90 Å². The van der Waals surface area contributed by atoms with Crippen molar-refractivity contribution < 1.29 is 14.6 Å². The normalized spacial score (nSPS) is 10.0. The highest BCUT2D eigenvalue weighted by Crippen LogP contribution is 2.26. The zero-order valence-corrected chi connectivity index (χ0v) is 12.8. The second-order valence-electron chi connectivity index (χ2n) is 4.74. The number of hydrogen-bond donors (Lipinski definition) is 2. The number of carbonyl (C=O) groups is 1. The molecule has 2 N–H and O–H groups in total. The molecule has 1 aromatic carbocycles. The molecule has 0 radical (unpaired) electrons. The maximum absolute atomic E-state index is 12.2. The number of ether oxygens (including phenoxy) is 1. The van der Waals surface area contributed by atoms with Gasteiger partial charge in [0, 0.05) is 13.1 Å². The van der Waals surface area contributed by atoms with Gasteiger partial charge < -0.3 is 20.1 Å². The molecule has 0 fully saturated rings. The molecule has 0 atom stereocenters. The number of urea groups is 1. The molecule has 0 spiro atoms. The van der Waals surface area contributed by atoms with Gasteiger partial charge in [0.25, 0.3) is 0 Å². The first kappa shape index (κ1) is 17.0. The van der Waals surface area contributed by atoms with Gasteiger partial charge in [-0.1, -0.05) is 19.1 Å². The average Bonchev–Trinajstić information content (AvgIpc) is 2.47. The molecule has 2 amide bonds. The number of amides is 2. The predicted molar refractivity (Wildman–Crippen MR) is 84.8 cm³/mol. The molecule has 5 heteroatoms. The number of aliphatic hydroxyl groups is 1. The molecule has 0 bridgehead atoms. The first-order valence-electron chi connectivity index (χ1n) is 7.13. The van der Waals surface area contributed by atoms with Gasteiger partial charge in [0.15, 0.2) is 0 Å². The summed E-state index contributed by atoms with van der Waals surface area (Å²) in [5, 5.41) is 11.8. The summed E-state index contributed by atoms with van der Waals surface area (Å²) in [4.78, 5) is 13.7. The fourth-order valence-electron chi connectivity index (χ4n) is 1.81. The predicted octanol–water partition coefficient (Wildman–Crippen LogP) is 2.80. The number of nitrogens with zero attached hydrogens (tertiary/aromatic N) is 1. The largest absolute Gasteiger partial charge is 0.491 e. The lowest BCUT2D eigenvalue weighted by atomic mass is 10.2. The molecule has 1 rings (SSSR count). The lowest BCUT2D eigenvalue weighted by Crippen LogP contribution is -2.37. The summed E-state index contributed by atoms with van der Waals surface area (Å²) in [5.41, 5.74) is 1.70. The Balaban J connectivity index is 2.84. The maximum atomic E-state index is 12.2. The fourth-order valence-corrected chi connectivity index (χ4v) is 1.81. The van der Waals surface area contributed by atoms with Crippen molar-refractivity contribution in [2.24, 2.45) is 0 Å². The Kier molecular flexibility index (Phi) is 7.32. The number of aryl methyl sites for hydroxylation is 1. The van der Waals surface area contributed by atoms with Crippen LogP contribution in [0.2, 0.25) is 0 Å². The van der Waals surface area contributed by atoms with E-state index in [-0.39, 0.29) is 19.2 Å². The molecule has 5 nitrogen and oxygen atoms in total. The van der Waals surface area contributed by atoms with E-state index in [1.54, 1.807) is 6.08 Å². The van der Waals surface area contributed by atoms with Gasteiger partial charge >= 0.3 is 6.03 Å². The SMILES string of the molecule is C=CCN(CCO)C(=O)Nc1ccc(C)cc1OCCC. The standard InChI is InChI=1S/C16H24N2O3/c1-4-8-18(9-10-19)16(20)17-14-7-6-13(3)12-15(14)21-11-5-2/h4,6-7,12,19H,1,5,8-11H2,2-3H3,(H,17,20). The summed E-state index contributed by atoms with van der Waals surface area (Å²) >= 11 is 0. The molecule has 116 valence electrons. The number of aliphatic hydroxyl groups excluding tert-OH is 1. The summed E-state index contributed by atoms with van der Waals surface area (Å²) in [6.45, 7) is 8.76. The van der Waals surface area contributed by atoms with Crippen LogP contribution in [0.4, 0.5) is 10.5 Å². The molecular formula is C16H24N2O3. The van der Waals surface area contributed by atoms with Crippen molar-refractivity contribution in [2.75, 3.05) is 31.6 Å². The Hall–Kier alpha value is -2.01. The molecule has 21 heavy (non-hydrogen) atoms. The highest BCUT2D eigenvalue weighted by atomic mass is 16.5. The van der Waals surface area contributed by atoms with Crippen molar-refractivity contribution in [3.63, 3.8) is 0 Å². The van der Waals surface area contributed by atoms with E-state index < -0.39 is 0 Å². The van der Waals surface area contributed by atoms with Gasteiger partial charge in [-0.25, -0.2) is 4.79 Å². The second kappa shape index (κ2) is 9.02. The number of hydrogen-bond acceptors (Lipinski definition) is 3. The van der Waals surface area contributed by atoms with Gasteiger partial charge in [0.05, 0.1) is 18.9 Å². The Morgan fingerprint density at radius 3 is 2.90 bits per heavy atom. The van der Waals surface area contributed by atoms with Crippen LogP contribution in [0.1, 0.15) is 18.9 Å². The van der Waals surface area contributed by atoms with E-state index >= 15 is 0 Å². The van der Waals surface area contributed by atoms with Crippen LogP contribution in [0.15, 0.2) is 30.9 Å². The van der Waals surface area contributed by atoms with Crippen LogP contribution >= 0.6 is 0 Å². The van der Waals surface area contributed by atoms with Gasteiger partial charge in [0.2, 0.25) is 0 Å². The second-order valence-corrected chi connectivity index (χ2v) is 4.74. The Labute approximate surface area is 126 Å². The average molecular weight is 292 g/mol. The third-order valence-electron chi connectivity index (χ3n) is 2.85. The number of nitrogens with one attached hydrogen (secondary N) is 1. The molecule has 0 aliphatic rings. The van der Waals surface area contributed by atoms with E-state index in [1.807, 2.05) is 32.0 Å². The quantitative estimate of drug-likeness (QED) is 0.724. The highest BCUT2D eigenvalue weighted by molar-refractivity contribution is 5.91. The lowest BCUT2D eigenvalue weighted by molar-refractivity contribution is 0.195. The first-order chi connectivity index (χ1) is 10.1. The molecule has 0 heterocycles. The van der Waals surface area contributed by atoms with Crippen LogP contribution in [-0.4, -0.2) is 42.3 Å². The number of anilines is 1. The van der Waals surface area contributed by atoms with Crippen molar-refractivity contribution in [2.45, 2.75) is 20.3 Å². The molecule has 0 unspecified atom stereocenters. The zero-order valence-electron chi connectivity index (χ0n) is 12.8. The van der Waals surface area contributed by atoms with Crippen molar-refractivity contribution in [3.05, 3.63) is 36.4 Å². The summed E-state index contributed by atoms with van der Waals surface area (Å²) in [6, 6.07) is 5.35. The summed E-state index contributed by atoms with van der Waals surface area (Å²) in [5.74, 6) is 0.660. The van der Waals surface area contributed by atoms with Crippen molar-refractivity contribution in [1.82, 2.24) is 4.90 Å². The van der Waals surface area contributed by atoms with E-state index in [4.69, 9.17) is 9.84 Å². The maximum Gasteiger partial charge on any atom is 0.322 e. The summed E-state index contributed by atoms with van der Waals surface area (Å²) < 4.78 is 5.66. The van der Waals surface area contributed by atoms with Crippen LogP contribution in [0, 0.1) is 6.92 Å². The zero-order chi connectivity index (χ0) is 15.7. The summed E-state index contributed by atoms with van der Waals surface area (Å²) in [7, 11) is 0. The minimum atomic E-state index is -0.283. The molecule has 1 aromatic rings. The number of rotatable bonds is 8. The lowest BCUT2D eigenvalue weighted by Gasteiger charge is -2.21. The van der Waals surface area contributed by atoms with Crippen molar-refractivity contribution in [3.8, 4) is 5.75 Å². The van der Waals surface area contributed by atoms with Gasteiger partial charge in [0.1, 0.15) is 5.75 Å². The first-order valence-corrected chi connectivity index (χ1v) is 7.13. The molecule has 0 saturated heterocycles. The minimum Gasteiger partial charge on any atom is -0.491 e. The van der Waals surface area contributed by atoms with Crippen LogP contribution in [0.25, 0.3) is 0 Å². The Bertz CT molecular complexity index is 475. The van der Waals surface area contributed by atoms with E-state index in [2.05, 4.69) is 11.9 Å². The fraction of sp³-hybridized carbons (Fsp3) is 0.438. The van der Waals surface area contributed by atoms with E-state index in [0.29, 0.717) is 24.6 Å². The Morgan fingerprint density at radius 2 is 2.29 bits per heavy atom. The van der Waals surface area contributed by atoms with Gasteiger partial charge in [-0.15, -0.1) is 6.58 Å². The van der Waals surface area contributed by atoms with Gasteiger partial charge in [-0.3, -0.25) is 0 Å².